The molecule has 0 aliphatic carbocycles. The number of carbonyl (C=O) groups excluding carboxylic acids is 1. The van der Waals surface area contributed by atoms with Crippen LogP contribution in [-0.2, 0) is 0 Å². The van der Waals surface area contributed by atoms with Crippen LogP contribution < -0.4 is 0 Å². The summed E-state index contributed by atoms with van der Waals surface area (Å²) in [4.78, 5) is 28.2. The summed E-state index contributed by atoms with van der Waals surface area (Å²) in [5.74, 6) is -0.228. The minimum absolute atomic E-state index is 0.0438. The summed E-state index contributed by atoms with van der Waals surface area (Å²) in [6.45, 7) is 0. The summed E-state index contributed by atoms with van der Waals surface area (Å²) >= 11 is 1.52. The van der Waals surface area contributed by atoms with Gasteiger partial charge in [-0.05, 0) is 24.3 Å². The van der Waals surface area contributed by atoms with Crippen LogP contribution in [0.5, 0.6) is 0 Å². The average molecular weight is 375 g/mol. The van der Waals surface area contributed by atoms with E-state index in [1.807, 2.05) is 46.3 Å². The van der Waals surface area contributed by atoms with Gasteiger partial charge in [0.2, 0.25) is 0 Å². The number of fused-ring (bicyclic) bond motifs is 1. The van der Waals surface area contributed by atoms with Gasteiger partial charge < -0.3 is 0 Å². The van der Waals surface area contributed by atoms with Crippen molar-refractivity contribution in [2.24, 2.45) is 0 Å². The summed E-state index contributed by atoms with van der Waals surface area (Å²) < 4.78 is 1.94. The molecule has 4 aromatic rings. The molecule has 27 heavy (non-hydrogen) atoms. The van der Waals surface area contributed by atoms with Crippen LogP contribution in [0.4, 0.5) is 5.69 Å². The Morgan fingerprint density at radius 3 is 2.56 bits per heavy atom. The van der Waals surface area contributed by atoms with E-state index in [-0.39, 0.29) is 11.5 Å². The number of nitro groups is 1. The minimum Gasteiger partial charge on any atom is -0.290 e. The molecule has 2 aromatic heterocycles. The monoisotopic (exact) mass is 375 g/mol. The Hall–Kier alpha value is -3.58. The zero-order chi connectivity index (χ0) is 18.8. The van der Waals surface area contributed by atoms with Gasteiger partial charge in [-0.1, -0.05) is 30.3 Å². The second-order valence-electron chi connectivity index (χ2n) is 5.77. The van der Waals surface area contributed by atoms with Gasteiger partial charge in [0.1, 0.15) is 0 Å². The lowest BCUT2D eigenvalue weighted by atomic mass is 10.1. The fraction of sp³-hybridized carbons (Fsp3) is 0. The van der Waals surface area contributed by atoms with Gasteiger partial charge >= 0.3 is 0 Å². The molecule has 132 valence electrons. The van der Waals surface area contributed by atoms with Gasteiger partial charge in [0.05, 0.1) is 16.3 Å². The lowest BCUT2D eigenvalue weighted by molar-refractivity contribution is -0.384. The average Bonchev–Trinajstić information content (AvgIpc) is 3.28. The fourth-order valence-electron chi connectivity index (χ4n) is 2.77. The standard InChI is InChI=1S/C20H13N3O3S/c24-18(14-6-8-16(9-7-14)23(25)26)11-10-17-19(15-4-2-1-3-5-15)21-20-22(17)12-13-27-20/h1-13H/b11-10+. The number of nitro benzene ring substituents is 1. The van der Waals surface area contributed by atoms with Crippen molar-refractivity contribution in [2.45, 2.75) is 0 Å². The van der Waals surface area contributed by atoms with Crippen LogP contribution in [-0.4, -0.2) is 20.1 Å². The lowest BCUT2D eigenvalue weighted by Gasteiger charge is -2.00. The highest BCUT2D eigenvalue weighted by Gasteiger charge is 2.13. The normalized spacial score (nSPS) is 11.3. The number of thiazole rings is 1. The molecular weight excluding hydrogens is 362 g/mol. The van der Waals surface area contributed by atoms with Crippen molar-refractivity contribution < 1.29 is 9.72 Å². The van der Waals surface area contributed by atoms with Gasteiger partial charge in [0.15, 0.2) is 10.7 Å². The van der Waals surface area contributed by atoms with Gasteiger partial charge in [-0.15, -0.1) is 11.3 Å². The molecule has 0 bridgehead atoms. The minimum atomic E-state index is -0.490. The maximum absolute atomic E-state index is 12.5. The van der Waals surface area contributed by atoms with Crippen molar-refractivity contribution >= 4 is 33.8 Å². The van der Waals surface area contributed by atoms with Crippen LogP contribution in [0.1, 0.15) is 16.1 Å². The third kappa shape index (κ3) is 3.28. The number of aromatic nitrogens is 2. The predicted molar refractivity (Wildman–Crippen MR) is 105 cm³/mol. The molecule has 0 saturated carbocycles. The number of nitrogens with zero attached hydrogens (tertiary/aromatic N) is 3. The first-order valence-corrected chi connectivity index (χ1v) is 8.99. The van der Waals surface area contributed by atoms with Gasteiger partial charge in [-0.3, -0.25) is 19.3 Å². The number of non-ortho nitro benzene ring substituents is 1. The highest BCUT2D eigenvalue weighted by Crippen LogP contribution is 2.27. The second-order valence-corrected chi connectivity index (χ2v) is 6.64. The Labute approximate surface area is 158 Å². The zero-order valence-electron chi connectivity index (χ0n) is 14.0. The molecule has 0 radical (unpaired) electrons. The zero-order valence-corrected chi connectivity index (χ0v) is 14.8. The van der Waals surface area contributed by atoms with E-state index in [1.54, 1.807) is 6.08 Å². The Morgan fingerprint density at radius 1 is 1.11 bits per heavy atom. The highest BCUT2D eigenvalue weighted by molar-refractivity contribution is 7.15. The Balaban J connectivity index is 1.69. The fourth-order valence-corrected chi connectivity index (χ4v) is 3.49. The lowest BCUT2D eigenvalue weighted by Crippen LogP contribution is -1.96. The molecule has 0 N–H and O–H groups in total. The van der Waals surface area contributed by atoms with Crippen LogP contribution >= 0.6 is 11.3 Å². The Morgan fingerprint density at radius 2 is 1.85 bits per heavy atom. The summed E-state index contributed by atoms with van der Waals surface area (Å²) in [6, 6.07) is 15.3. The maximum Gasteiger partial charge on any atom is 0.269 e. The third-order valence-electron chi connectivity index (χ3n) is 4.10. The van der Waals surface area contributed by atoms with E-state index >= 15 is 0 Å². The smallest absolute Gasteiger partial charge is 0.269 e. The number of carbonyl (C=O) groups is 1. The van der Waals surface area contributed by atoms with E-state index in [2.05, 4.69) is 4.98 Å². The topological polar surface area (TPSA) is 77.5 Å². The van der Waals surface area contributed by atoms with E-state index in [4.69, 9.17) is 0 Å². The van der Waals surface area contributed by atoms with Gasteiger partial charge in [-0.2, -0.15) is 0 Å². The number of benzene rings is 2. The van der Waals surface area contributed by atoms with Crippen molar-refractivity contribution in [1.29, 1.82) is 0 Å². The largest absolute Gasteiger partial charge is 0.290 e. The molecular formula is C20H13N3O3S. The van der Waals surface area contributed by atoms with Gasteiger partial charge in [-0.25, -0.2) is 4.98 Å². The highest BCUT2D eigenvalue weighted by atomic mass is 32.1. The van der Waals surface area contributed by atoms with Crippen molar-refractivity contribution in [1.82, 2.24) is 9.38 Å². The van der Waals surface area contributed by atoms with E-state index in [0.717, 1.165) is 21.9 Å². The number of hydrogen-bond donors (Lipinski definition) is 0. The third-order valence-corrected chi connectivity index (χ3v) is 4.86. The molecule has 0 aliphatic heterocycles. The first-order valence-electron chi connectivity index (χ1n) is 8.11. The second kappa shape index (κ2) is 6.97. The number of imidazole rings is 1. The van der Waals surface area contributed by atoms with Crippen molar-refractivity contribution in [3.05, 3.63) is 93.6 Å². The van der Waals surface area contributed by atoms with E-state index in [9.17, 15) is 14.9 Å². The number of rotatable bonds is 5. The molecule has 2 heterocycles. The number of ketones is 1. The van der Waals surface area contributed by atoms with E-state index < -0.39 is 4.92 Å². The number of hydrogen-bond acceptors (Lipinski definition) is 5. The molecule has 4 rings (SSSR count). The summed E-state index contributed by atoms with van der Waals surface area (Å²) in [6.07, 6.45) is 5.11. The molecule has 0 atom stereocenters. The SMILES string of the molecule is O=C(/C=C/c1c(-c2ccccc2)nc2sccn12)c1ccc([N+](=O)[O-])cc1. The molecule has 0 amide bonds. The first-order chi connectivity index (χ1) is 13.1. The van der Waals surface area contributed by atoms with Crippen LogP contribution in [0.25, 0.3) is 22.3 Å². The van der Waals surface area contributed by atoms with Gasteiger partial charge in [0.25, 0.3) is 5.69 Å². The van der Waals surface area contributed by atoms with Crippen LogP contribution in [0.2, 0.25) is 0 Å². The van der Waals surface area contributed by atoms with Crippen LogP contribution in [0.15, 0.2) is 72.3 Å². The molecule has 7 heteroatoms. The molecule has 2 aromatic carbocycles. The quantitative estimate of drug-likeness (QED) is 0.216. The van der Waals surface area contributed by atoms with Crippen LogP contribution in [0.3, 0.4) is 0 Å². The summed E-state index contributed by atoms with van der Waals surface area (Å²) in [5.41, 5.74) is 2.93. The summed E-state index contributed by atoms with van der Waals surface area (Å²) in [7, 11) is 0. The molecule has 0 unspecified atom stereocenters. The molecule has 6 nitrogen and oxygen atoms in total. The number of allylic oxidation sites excluding steroid dienone is 1. The maximum atomic E-state index is 12.5. The van der Waals surface area contributed by atoms with E-state index in [0.29, 0.717) is 5.56 Å². The molecule has 0 aliphatic rings. The Bertz CT molecular complexity index is 1160. The Kier molecular flexibility index (Phi) is 4.35. The molecule has 0 fully saturated rings. The molecule has 0 saturated heterocycles. The van der Waals surface area contributed by atoms with E-state index in [1.165, 1.54) is 41.7 Å². The van der Waals surface area contributed by atoms with Crippen molar-refractivity contribution in [3.63, 3.8) is 0 Å². The van der Waals surface area contributed by atoms with Crippen molar-refractivity contribution in [3.8, 4) is 11.3 Å². The summed E-state index contributed by atoms with van der Waals surface area (Å²) in [5, 5.41) is 12.7. The predicted octanol–water partition coefficient (Wildman–Crippen LogP) is 4.87. The molecule has 0 spiro atoms. The van der Waals surface area contributed by atoms with Crippen molar-refractivity contribution in [2.75, 3.05) is 0 Å². The van der Waals surface area contributed by atoms with Crippen LogP contribution in [0, 0.1) is 10.1 Å². The first kappa shape index (κ1) is 16.9. The van der Waals surface area contributed by atoms with Gasteiger partial charge in [0, 0.05) is 34.8 Å².